The summed E-state index contributed by atoms with van der Waals surface area (Å²) in [6.45, 7) is -0.650. The second kappa shape index (κ2) is 6.80. The molecule has 0 aromatic heterocycles. The van der Waals surface area contributed by atoms with Crippen molar-refractivity contribution in [2.24, 2.45) is 0 Å². The molecule has 118 valence electrons. The van der Waals surface area contributed by atoms with Crippen LogP contribution in [0.5, 0.6) is 0 Å². The molecule has 1 aromatic carbocycles. The molecule has 7 nitrogen and oxygen atoms in total. The van der Waals surface area contributed by atoms with E-state index in [0.29, 0.717) is 0 Å². The molecular weight excluding hydrogens is 280 g/mol. The number of rotatable bonds is 5. The van der Waals surface area contributed by atoms with Gasteiger partial charge >= 0.3 is 0 Å². The van der Waals surface area contributed by atoms with Crippen LogP contribution in [0.3, 0.4) is 0 Å². The molecule has 1 aliphatic heterocycles. The van der Waals surface area contributed by atoms with E-state index in [0.717, 1.165) is 5.56 Å². The average Bonchev–Trinajstić information content (AvgIpc) is 2.53. The first-order chi connectivity index (χ1) is 10.0. The van der Waals surface area contributed by atoms with Gasteiger partial charge in [-0.1, -0.05) is 30.3 Å². The highest BCUT2D eigenvalue weighted by molar-refractivity contribution is 5.13. The number of hydrogen-bond acceptors (Lipinski definition) is 7. The second-order valence-corrected chi connectivity index (χ2v) is 4.89. The Morgan fingerprint density at radius 3 is 2.38 bits per heavy atom. The summed E-state index contributed by atoms with van der Waals surface area (Å²) in [5.74, 6) is -1.87. The van der Waals surface area contributed by atoms with E-state index in [4.69, 9.17) is 14.2 Å². The van der Waals surface area contributed by atoms with Crippen LogP contribution in [0.15, 0.2) is 30.3 Å². The van der Waals surface area contributed by atoms with Gasteiger partial charge in [0.1, 0.15) is 24.9 Å². The van der Waals surface area contributed by atoms with Crippen LogP contribution >= 0.6 is 0 Å². The third-order valence-electron chi connectivity index (χ3n) is 3.50. The Labute approximate surface area is 122 Å². The quantitative estimate of drug-likeness (QED) is 0.551. The van der Waals surface area contributed by atoms with Crippen molar-refractivity contribution in [1.29, 1.82) is 0 Å². The molecule has 0 saturated carbocycles. The Hall–Kier alpha value is -1.06. The normalized spacial score (nSPS) is 36.6. The third-order valence-corrected chi connectivity index (χ3v) is 3.50. The Balaban J connectivity index is 2.14. The highest BCUT2D eigenvalue weighted by Crippen LogP contribution is 2.32. The van der Waals surface area contributed by atoms with Crippen LogP contribution in [0.4, 0.5) is 0 Å². The van der Waals surface area contributed by atoms with E-state index in [-0.39, 0.29) is 6.61 Å². The van der Waals surface area contributed by atoms with E-state index in [1.165, 1.54) is 7.11 Å². The van der Waals surface area contributed by atoms with Crippen LogP contribution in [0.1, 0.15) is 5.56 Å². The molecule has 1 heterocycles. The van der Waals surface area contributed by atoms with Crippen LogP contribution in [-0.4, -0.2) is 64.5 Å². The van der Waals surface area contributed by atoms with E-state index in [9.17, 15) is 20.4 Å². The van der Waals surface area contributed by atoms with Crippen molar-refractivity contribution in [3.05, 3.63) is 35.9 Å². The molecule has 1 aromatic rings. The first-order valence-electron chi connectivity index (χ1n) is 6.57. The highest BCUT2D eigenvalue weighted by atomic mass is 16.8. The lowest BCUT2D eigenvalue weighted by atomic mass is 9.96. The fourth-order valence-corrected chi connectivity index (χ4v) is 2.21. The fourth-order valence-electron chi connectivity index (χ4n) is 2.21. The van der Waals surface area contributed by atoms with Gasteiger partial charge in [-0.2, -0.15) is 0 Å². The summed E-state index contributed by atoms with van der Waals surface area (Å²) in [4.78, 5) is 0. The van der Waals surface area contributed by atoms with Crippen LogP contribution in [-0.2, 0) is 20.8 Å². The van der Waals surface area contributed by atoms with E-state index in [1.54, 1.807) is 12.1 Å². The lowest BCUT2D eigenvalue weighted by Crippen LogP contribution is -2.67. The minimum absolute atomic E-state index is 0.0533. The smallest absolute Gasteiger partial charge is 0.223 e. The third kappa shape index (κ3) is 3.24. The number of hydrogen-bond donors (Lipinski definition) is 4. The SMILES string of the molecule is COC1OC(CO)(OCc2ccccc2)C(O)C(O)C1O. The largest absolute Gasteiger partial charge is 0.391 e. The molecule has 0 bridgehead atoms. The van der Waals surface area contributed by atoms with Crippen LogP contribution in [0.25, 0.3) is 0 Å². The second-order valence-electron chi connectivity index (χ2n) is 4.89. The predicted molar refractivity (Wildman–Crippen MR) is 71.0 cm³/mol. The van der Waals surface area contributed by atoms with Crippen LogP contribution < -0.4 is 0 Å². The molecule has 0 spiro atoms. The molecule has 5 unspecified atom stereocenters. The van der Waals surface area contributed by atoms with E-state index in [2.05, 4.69) is 0 Å². The molecule has 7 heteroatoms. The molecule has 1 saturated heterocycles. The van der Waals surface area contributed by atoms with Crippen molar-refractivity contribution in [3.8, 4) is 0 Å². The van der Waals surface area contributed by atoms with E-state index >= 15 is 0 Å². The van der Waals surface area contributed by atoms with Crippen molar-refractivity contribution in [3.63, 3.8) is 0 Å². The summed E-state index contributed by atoms with van der Waals surface area (Å²) >= 11 is 0. The van der Waals surface area contributed by atoms with Crippen molar-refractivity contribution in [1.82, 2.24) is 0 Å². The summed E-state index contributed by atoms with van der Waals surface area (Å²) in [5, 5.41) is 39.2. The maximum absolute atomic E-state index is 10.1. The summed E-state index contributed by atoms with van der Waals surface area (Å²) in [6.07, 6.45) is -5.84. The fraction of sp³-hybridized carbons (Fsp3) is 0.571. The molecule has 0 aliphatic carbocycles. The van der Waals surface area contributed by atoms with Crippen LogP contribution in [0, 0.1) is 0 Å². The van der Waals surface area contributed by atoms with Crippen molar-refractivity contribution < 1.29 is 34.6 Å². The van der Waals surface area contributed by atoms with Crippen molar-refractivity contribution in [2.45, 2.75) is 37.0 Å². The average molecular weight is 300 g/mol. The van der Waals surface area contributed by atoms with Gasteiger partial charge in [-0.05, 0) is 5.56 Å². The van der Waals surface area contributed by atoms with E-state index < -0.39 is 37.0 Å². The Morgan fingerprint density at radius 1 is 1.14 bits per heavy atom. The molecular formula is C14H20O7. The minimum Gasteiger partial charge on any atom is -0.391 e. The lowest BCUT2D eigenvalue weighted by molar-refractivity contribution is -0.408. The van der Waals surface area contributed by atoms with Gasteiger partial charge in [-0.3, -0.25) is 0 Å². The zero-order valence-electron chi connectivity index (χ0n) is 11.6. The monoisotopic (exact) mass is 300 g/mol. The lowest BCUT2D eigenvalue weighted by Gasteiger charge is -2.46. The zero-order valence-corrected chi connectivity index (χ0v) is 11.6. The minimum atomic E-state index is -1.87. The van der Waals surface area contributed by atoms with Gasteiger partial charge in [-0.25, -0.2) is 0 Å². The molecule has 1 fully saturated rings. The zero-order chi connectivity index (χ0) is 15.5. The van der Waals surface area contributed by atoms with Gasteiger partial charge < -0.3 is 34.6 Å². The molecule has 2 rings (SSSR count). The van der Waals surface area contributed by atoms with E-state index in [1.807, 2.05) is 18.2 Å². The Kier molecular flexibility index (Phi) is 5.28. The topological polar surface area (TPSA) is 109 Å². The molecule has 5 atom stereocenters. The van der Waals surface area contributed by atoms with Gasteiger partial charge in [0.15, 0.2) is 6.29 Å². The molecule has 21 heavy (non-hydrogen) atoms. The summed E-state index contributed by atoms with van der Waals surface area (Å²) < 4.78 is 15.7. The van der Waals surface area contributed by atoms with Crippen LogP contribution in [0.2, 0.25) is 0 Å². The van der Waals surface area contributed by atoms with Crippen molar-refractivity contribution >= 4 is 0 Å². The van der Waals surface area contributed by atoms with Crippen molar-refractivity contribution in [2.75, 3.05) is 13.7 Å². The number of methoxy groups -OCH3 is 1. The number of benzene rings is 1. The molecule has 4 N–H and O–H groups in total. The maximum atomic E-state index is 10.1. The Morgan fingerprint density at radius 2 is 1.81 bits per heavy atom. The summed E-state index contributed by atoms with van der Waals surface area (Å²) in [5.41, 5.74) is 0.802. The number of aliphatic hydroxyl groups is 4. The number of aliphatic hydroxyl groups excluding tert-OH is 4. The molecule has 0 amide bonds. The molecule has 0 radical (unpaired) electrons. The predicted octanol–water partition coefficient (Wildman–Crippen LogP) is -1.02. The number of ether oxygens (including phenoxy) is 3. The first-order valence-corrected chi connectivity index (χ1v) is 6.57. The van der Waals surface area contributed by atoms with Gasteiger partial charge in [0.2, 0.25) is 5.79 Å². The molecule has 1 aliphatic rings. The van der Waals surface area contributed by atoms with Gasteiger partial charge in [0.05, 0.1) is 6.61 Å². The highest BCUT2D eigenvalue weighted by Gasteiger charge is 2.54. The summed E-state index contributed by atoms with van der Waals surface area (Å²) in [7, 11) is 1.28. The van der Waals surface area contributed by atoms with Gasteiger partial charge in [0.25, 0.3) is 0 Å². The first kappa shape index (κ1) is 16.3. The maximum Gasteiger partial charge on any atom is 0.223 e. The summed E-state index contributed by atoms with van der Waals surface area (Å²) in [6, 6.07) is 9.09. The van der Waals surface area contributed by atoms with Gasteiger partial charge in [0, 0.05) is 7.11 Å². The Bertz CT molecular complexity index is 438. The van der Waals surface area contributed by atoms with Gasteiger partial charge in [-0.15, -0.1) is 0 Å². The standard InChI is InChI=1S/C14H20O7/c1-19-13-11(17)10(16)12(18)14(8-15,21-13)20-7-9-5-3-2-4-6-9/h2-6,10-13,15-18H,7-8H2,1H3.